The molecule has 0 aliphatic heterocycles. The van der Waals surface area contributed by atoms with Crippen molar-refractivity contribution in [3.63, 3.8) is 0 Å². The van der Waals surface area contributed by atoms with Crippen molar-refractivity contribution in [2.24, 2.45) is 5.41 Å². The predicted molar refractivity (Wildman–Crippen MR) is 76.2 cm³/mol. The van der Waals surface area contributed by atoms with Gasteiger partial charge in [-0.05, 0) is 51.3 Å². The van der Waals surface area contributed by atoms with Crippen molar-refractivity contribution in [2.75, 3.05) is 0 Å². The van der Waals surface area contributed by atoms with Gasteiger partial charge in [-0.1, -0.05) is 35.9 Å². The van der Waals surface area contributed by atoms with E-state index in [2.05, 4.69) is 13.8 Å². The zero-order chi connectivity index (χ0) is 13.5. The molecule has 0 atom stereocenters. The number of carbonyl (C=O) groups is 1. The second-order valence-electron chi connectivity index (χ2n) is 5.57. The van der Waals surface area contributed by atoms with Crippen LogP contribution in [0.5, 0.6) is 0 Å². The molecule has 0 N–H and O–H groups in total. The molecule has 1 aliphatic rings. The van der Waals surface area contributed by atoms with Crippen LogP contribution in [-0.4, -0.2) is 5.78 Å². The summed E-state index contributed by atoms with van der Waals surface area (Å²) in [5.74, 6) is 0.231. The third-order valence-electron chi connectivity index (χ3n) is 4.29. The molecule has 0 radical (unpaired) electrons. The molecule has 0 aromatic heterocycles. The van der Waals surface area contributed by atoms with E-state index in [-0.39, 0.29) is 5.78 Å². The average molecular weight is 240 g/mol. The second kappa shape index (κ2) is 4.24. The number of allylic oxidation sites excluding steroid dienone is 4. The van der Waals surface area contributed by atoms with Crippen molar-refractivity contribution in [1.29, 1.82) is 0 Å². The van der Waals surface area contributed by atoms with E-state index in [1.165, 1.54) is 11.1 Å². The lowest BCUT2D eigenvalue weighted by Gasteiger charge is -2.33. The molecule has 0 saturated heterocycles. The van der Waals surface area contributed by atoms with Gasteiger partial charge in [0.2, 0.25) is 0 Å². The fourth-order valence-electron chi connectivity index (χ4n) is 2.54. The summed E-state index contributed by atoms with van der Waals surface area (Å²) in [6, 6.07) is 9.97. The summed E-state index contributed by atoms with van der Waals surface area (Å²) < 4.78 is 0. The normalized spacial score (nSPS) is 19.5. The average Bonchev–Trinajstić information content (AvgIpc) is 2.36. The number of Topliss-reactive ketones (excluding diaryl/α,β-unsaturated/α-hetero) is 1. The van der Waals surface area contributed by atoms with Crippen LogP contribution in [0, 0.1) is 5.41 Å². The molecule has 1 heteroatoms. The van der Waals surface area contributed by atoms with E-state index in [9.17, 15) is 4.79 Å². The Bertz CT molecular complexity index is 557. The number of hydrogen-bond donors (Lipinski definition) is 0. The van der Waals surface area contributed by atoms with E-state index in [4.69, 9.17) is 0 Å². The van der Waals surface area contributed by atoms with Gasteiger partial charge in [-0.15, -0.1) is 0 Å². The minimum atomic E-state index is -0.394. The van der Waals surface area contributed by atoms with Crippen LogP contribution in [0.4, 0.5) is 0 Å². The van der Waals surface area contributed by atoms with Crippen LogP contribution in [-0.2, 0) is 4.79 Å². The van der Waals surface area contributed by atoms with Crippen molar-refractivity contribution in [3.8, 4) is 0 Å². The maximum absolute atomic E-state index is 12.7. The van der Waals surface area contributed by atoms with Crippen LogP contribution in [0.1, 0.15) is 40.2 Å². The van der Waals surface area contributed by atoms with Gasteiger partial charge in [-0.25, -0.2) is 0 Å². The highest BCUT2D eigenvalue weighted by Crippen LogP contribution is 2.43. The van der Waals surface area contributed by atoms with E-state index in [0.29, 0.717) is 0 Å². The standard InChI is InChI=1S/C17H20O/c1-11-12(2)15(14-9-7-6-8-10-14)16(18)17(4,5)13(11)3/h6-10H,1-5H3. The van der Waals surface area contributed by atoms with Gasteiger partial charge >= 0.3 is 0 Å². The Morgan fingerprint density at radius 3 is 2.00 bits per heavy atom. The third kappa shape index (κ3) is 1.74. The van der Waals surface area contributed by atoms with Crippen molar-refractivity contribution in [1.82, 2.24) is 0 Å². The molecule has 2 rings (SSSR count). The van der Waals surface area contributed by atoms with Crippen molar-refractivity contribution >= 4 is 11.4 Å². The van der Waals surface area contributed by atoms with Crippen LogP contribution in [0.3, 0.4) is 0 Å². The topological polar surface area (TPSA) is 17.1 Å². The maximum atomic E-state index is 12.7. The third-order valence-corrected chi connectivity index (χ3v) is 4.29. The summed E-state index contributed by atoms with van der Waals surface area (Å²) in [7, 11) is 0. The number of benzene rings is 1. The second-order valence-corrected chi connectivity index (χ2v) is 5.57. The van der Waals surface area contributed by atoms with E-state index in [1.807, 2.05) is 51.1 Å². The van der Waals surface area contributed by atoms with Gasteiger partial charge in [0.05, 0.1) is 0 Å². The summed E-state index contributed by atoms with van der Waals surface area (Å²) in [6.45, 7) is 10.3. The first kappa shape index (κ1) is 12.8. The van der Waals surface area contributed by atoms with Gasteiger partial charge in [0.15, 0.2) is 5.78 Å². The quantitative estimate of drug-likeness (QED) is 0.710. The molecule has 1 aliphatic carbocycles. The minimum Gasteiger partial charge on any atom is -0.293 e. The van der Waals surface area contributed by atoms with Crippen molar-refractivity contribution in [2.45, 2.75) is 34.6 Å². The van der Waals surface area contributed by atoms with Gasteiger partial charge in [0.25, 0.3) is 0 Å². The number of hydrogen-bond acceptors (Lipinski definition) is 1. The number of ketones is 1. The lowest BCUT2D eigenvalue weighted by Crippen LogP contribution is -2.31. The van der Waals surface area contributed by atoms with Crippen LogP contribution in [0.25, 0.3) is 5.57 Å². The van der Waals surface area contributed by atoms with Gasteiger partial charge < -0.3 is 0 Å². The van der Waals surface area contributed by atoms with Gasteiger partial charge in [-0.2, -0.15) is 0 Å². The molecular weight excluding hydrogens is 220 g/mol. The first-order valence-corrected chi connectivity index (χ1v) is 6.36. The van der Waals surface area contributed by atoms with E-state index in [0.717, 1.165) is 16.7 Å². The molecule has 0 fully saturated rings. The Labute approximate surface area is 109 Å². The fraction of sp³-hybridized carbons (Fsp3) is 0.353. The molecule has 0 unspecified atom stereocenters. The number of rotatable bonds is 1. The van der Waals surface area contributed by atoms with E-state index in [1.54, 1.807) is 0 Å². The van der Waals surface area contributed by atoms with Crippen molar-refractivity contribution < 1.29 is 4.79 Å². The first-order valence-electron chi connectivity index (χ1n) is 6.36. The Hall–Kier alpha value is -1.63. The molecule has 18 heavy (non-hydrogen) atoms. The molecular formula is C17H20O. The molecule has 0 spiro atoms. The maximum Gasteiger partial charge on any atom is 0.173 e. The highest BCUT2D eigenvalue weighted by molar-refractivity contribution is 6.26. The zero-order valence-corrected chi connectivity index (χ0v) is 11.8. The number of carbonyl (C=O) groups excluding carboxylic acids is 1. The fourth-order valence-corrected chi connectivity index (χ4v) is 2.54. The lowest BCUT2D eigenvalue weighted by atomic mass is 9.69. The predicted octanol–water partition coefficient (Wildman–Crippen LogP) is 4.41. The summed E-state index contributed by atoms with van der Waals surface area (Å²) in [5, 5.41) is 0. The molecule has 0 amide bonds. The van der Waals surface area contributed by atoms with Gasteiger partial charge in [0.1, 0.15) is 0 Å². The first-order chi connectivity index (χ1) is 8.37. The van der Waals surface area contributed by atoms with Crippen molar-refractivity contribution in [3.05, 3.63) is 52.6 Å². The molecule has 1 aromatic carbocycles. The molecule has 0 bridgehead atoms. The Morgan fingerprint density at radius 2 is 1.44 bits per heavy atom. The Balaban J connectivity index is 2.70. The van der Waals surface area contributed by atoms with Gasteiger partial charge in [-0.3, -0.25) is 4.79 Å². The minimum absolute atomic E-state index is 0.231. The smallest absolute Gasteiger partial charge is 0.173 e. The van der Waals surface area contributed by atoms with Crippen LogP contribution < -0.4 is 0 Å². The zero-order valence-electron chi connectivity index (χ0n) is 11.8. The lowest BCUT2D eigenvalue weighted by molar-refractivity contribution is -0.119. The SMILES string of the molecule is CC1=C(c2ccccc2)C(=O)C(C)(C)C(C)=C1C. The monoisotopic (exact) mass is 240 g/mol. The highest BCUT2D eigenvalue weighted by atomic mass is 16.1. The Morgan fingerprint density at radius 1 is 0.889 bits per heavy atom. The van der Waals surface area contributed by atoms with Crippen LogP contribution in [0.2, 0.25) is 0 Å². The van der Waals surface area contributed by atoms with Gasteiger partial charge in [0, 0.05) is 11.0 Å². The molecule has 0 saturated carbocycles. The van der Waals surface area contributed by atoms with Crippen LogP contribution in [0.15, 0.2) is 47.1 Å². The molecule has 1 nitrogen and oxygen atoms in total. The molecule has 1 aromatic rings. The van der Waals surface area contributed by atoms with Crippen LogP contribution >= 0.6 is 0 Å². The summed E-state index contributed by atoms with van der Waals surface area (Å²) in [4.78, 5) is 12.7. The molecule has 94 valence electrons. The summed E-state index contributed by atoms with van der Waals surface area (Å²) >= 11 is 0. The molecule has 0 heterocycles. The summed E-state index contributed by atoms with van der Waals surface area (Å²) in [6.07, 6.45) is 0. The summed E-state index contributed by atoms with van der Waals surface area (Å²) in [5.41, 5.74) is 5.06. The van der Waals surface area contributed by atoms with E-state index >= 15 is 0 Å². The Kier molecular flexibility index (Phi) is 3.02. The largest absolute Gasteiger partial charge is 0.293 e. The van der Waals surface area contributed by atoms with E-state index < -0.39 is 5.41 Å². The highest BCUT2D eigenvalue weighted by Gasteiger charge is 2.38.